The molecule has 0 amide bonds. The molecule has 0 bridgehead atoms. The van der Waals surface area contributed by atoms with Crippen molar-refractivity contribution in [1.29, 1.82) is 0 Å². The van der Waals surface area contributed by atoms with E-state index in [0.717, 1.165) is 30.7 Å². The summed E-state index contributed by atoms with van der Waals surface area (Å²) >= 11 is 0. The van der Waals surface area contributed by atoms with Gasteiger partial charge in [-0.2, -0.15) is 0 Å². The molecule has 0 atom stereocenters. The maximum Gasteiger partial charge on any atom is 0.0804 e. The number of nitrogens with zero attached hydrogens (tertiary/aromatic N) is 2. The van der Waals surface area contributed by atoms with E-state index in [1.54, 1.807) is 0 Å². The van der Waals surface area contributed by atoms with Crippen molar-refractivity contribution < 1.29 is 9.22 Å². The zero-order chi connectivity index (χ0) is 14.2. The number of hydrogen-bond acceptors (Lipinski definition) is 2. The summed E-state index contributed by atoms with van der Waals surface area (Å²) in [6.45, 7) is 16.4. The molecule has 3 nitrogen and oxygen atoms in total. The fraction of sp³-hybridized carbons (Fsp3) is 1.00. The largest absolute Gasteiger partial charge is 0.380 e. The maximum absolute atomic E-state index is 5.75. The van der Waals surface area contributed by atoms with Gasteiger partial charge in [0.25, 0.3) is 0 Å². The smallest absolute Gasteiger partial charge is 0.0804 e. The highest BCUT2D eigenvalue weighted by Gasteiger charge is 2.13. The highest BCUT2D eigenvalue weighted by atomic mass is 16.5. The molecule has 0 aliphatic carbocycles. The van der Waals surface area contributed by atoms with Crippen LogP contribution in [0.25, 0.3) is 0 Å². The summed E-state index contributed by atoms with van der Waals surface area (Å²) in [6.07, 6.45) is 1.16. The quantitative estimate of drug-likeness (QED) is 0.442. The van der Waals surface area contributed by atoms with Gasteiger partial charge in [0.1, 0.15) is 0 Å². The van der Waals surface area contributed by atoms with Crippen molar-refractivity contribution in [1.82, 2.24) is 4.90 Å². The molecule has 0 N–H and O–H groups in total. The van der Waals surface area contributed by atoms with Gasteiger partial charge in [0, 0.05) is 25.0 Å². The van der Waals surface area contributed by atoms with Crippen LogP contribution in [0.2, 0.25) is 0 Å². The van der Waals surface area contributed by atoms with Crippen molar-refractivity contribution in [3.05, 3.63) is 0 Å². The number of rotatable bonds is 10. The van der Waals surface area contributed by atoms with Crippen LogP contribution in [-0.2, 0) is 4.74 Å². The van der Waals surface area contributed by atoms with E-state index in [-0.39, 0.29) is 0 Å². The molecule has 0 fully saturated rings. The Morgan fingerprint density at radius 1 is 1.00 bits per heavy atom. The molecular formula is C15H35N2O+. The average Bonchev–Trinajstić information content (AvgIpc) is 2.26. The summed E-state index contributed by atoms with van der Waals surface area (Å²) in [7, 11) is 4.55. The zero-order valence-corrected chi connectivity index (χ0v) is 13.7. The lowest BCUT2D eigenvalue weighted by Gasteiger charge is -2.30. The maximum atomic E-state index is 5.75. The van der Waals surface area contributed by atoms with Crippen molar-refractivity contribution in [3.63, 3.8) is 0 Å². The fourth-order valence-corrected chi connectivity index (χ4v) is 2.14. The average molecular weight is 259 g/mol. The second-order valence-electron chi connectivity index (χ2n) is 6.37. The summed E-state index contributed by atoms with van der Waals surface area (Å²) in [5, 5.41) is 0. The van der Waals surface area contributed by atoms with E-state index in [1.165, 1.54) is 13.1 Å². The van der Waals surface area contributed by atoms with Gasteiger partial charge < -0.3 is 9.22 Å². The molecule has 0 saturated carbocycles. The van der Waals surface area contributed by atoms with E-state index in [4.69, 9.17) is 4.74 Å². The minimum atomic E-state index is 0.601. The Bertz CT molecular complexity index is 195. The molecule has 0 saturated heterocycles. The summed E-state index contributed by atoms with van der Waals surface area (Å²) < 4.78 is 6.84. The first kappa shape index (κ1) is 17.9. The molecule has 0 radical (unpaired) electrons. The minimum absolute atomic E-state index is 0.601. The van der Waals surface area contributed by atoms with Gasteiger partial charge in [-0.1, -0.05) is 0 Å². The summed E-state index contributed by atoms with van der Waals surface area (Å²) in [5.41, 5.74) is 0. The van der Waals surface area contributed by atoms with Crippen LogP contribution in [0.3, 0.4) is 0 Å². The Balaban J connectivity index is 3.61. The molecule has 0 unspecified atom stereocenters. The highest BCUT2D eigenvalue weighted by Crippen LogP contribution is 2.04. The summed E-state index contributed by atoms with van der Waals surface area (Å²) in [4.78, 5) is 2.48. The van der Waals surface area contributed by atoms with Crippen LogP contribution in [0.5, 0.6) is 0 Å². The molecule has 0 aliphatic rings. The van der Waals surface area contributed by atoms with Crippen LogP contribution in [0.15, 0.2) is 0 Å². The first-order chi connectivity index (χ1) is 8.30. The highest BCUT2D eigenvalue weighted by molar-refractivity contribution is 4.66. The van der Waals surface area contributed by atoms with Crippen molar-refractivity contribution in [2.24, 2.45) is 0 Å². The Hall–Kier alpha value is -0.120. The molecule has 0 rings (SSSR count). The molecule has 0 aromatic rings. The van der Waals surface area contributed by atoms with Gasteiger partial charge in [0.15, 0.2) is 0 Å². The third-order valence-corrected chi connectivity index (χ3v) is 3.73. The van der Waals surface area contributed by atoms with Crippen LogP contribution in [0.4, 0.5) is 0 Å². The summed E-state index contributed by atoms with van der Waals surface area (Å²) in [6, 6.07) is 1.20. The molecular weight excluding hydrogens is 224 g/mol. The van der Waals surface area contributed by atoms with Crippen LogP contribution >= 0.6 is 0 Å². The molecule has 0 spiro atoms. The van der Waals surface area contributed by atoms with Gasteiger partial charge in [-0.25, -0.2) is 0 Å². The van der Waals surface area contributed by atoms with Crippen LogP contribution < -0.4 is 0 Å². The predicted molar refractivity (Wildman–Crippen MR) is 79.9 cm³/mol. The van der Waals surface area contributed by atoms with E-state index in [9.17, 15) is 0 Å². The molecule has 0 aromatic carbocycles. The van der Waals surface area contributed by atoms with Crippen LogP contribution in [-0.4, -0.2) is 68.4 Å². The number of quaternary nitrogens is 1. The first-order valence-electron chi connectivity index (χ1n) is 7.45. The lowest BCUT2D eigenvalue weighted by Crippen LogP contribution is -2.41. The van der Waals surface area contributed by atoms with Crippen molar-refractivity contribution in [3.8, 4) is 0 Å². The minimum Gasteiger partial charge on any atom is -0.380 e. The van der Waals surface area contributed by atoms with Gasteiger partial charge in [-0.15, -0.1) is 0 Å². The van der Waals surface area contributed by atoms with Crippen LogP contribution in [0, 0.1) is 0 Å². The van der Waals surface area contributed by atoms with Gasteiger partial charge >= 0.3 is 0 Å². The van der Waals surface area contributed by atoms with Gasteiger partial charge in [0.2, 0.25) is 0 Å². The number of hydrogen-bond donors (Lipinski definition) is 0. The lowest BCUT2D eigenvalue weighted by molar-refractivity contribution is -0.888. The first-order valence-corrected chi connectivity index (χ1v) is 7.45. The molecule has 0 heterocycles. The molecule has 0 aliphatic heterocycles. The van der Waals surface area contributed by atoms with Gasteiger partial charge in [-0.05, 0) is 34.6 Å². The third kappa shape index (κ3) is 8.06. The molecule has 18 heavy (non-hydrogen) atoms. The monoisotopic (exact) mass is 259 g/mol. The third-order valence-electron chi connectivity index (χ3n) is 3.73. The van der Waals surface area contributed by atoms with E-state index in [0.29, 0.717) is 12.1 Å². The fourth-order valence-electron chi connectivity index (χ4n) is 2.14. The van der Waals surface area contributed by atoms with Gasteiger partial charge in [0.05, 0.1) is 40.4 Å². The van der Waals surface area contributed by atoms with Gasteiger partial charge in [-0.3, -0.25) is 4.90 Å². The Kier molecular flexibility index (Phi) is 8.83. The normalized spacial score (nSPS) is 13.0. The predicted octanol–water partition coefficient (Wildman–Crippen LogP) is 2.61. The van der Waals surface area contributed by atoms with E-state index in [1.807, 2.05) is 0 Å². The molecule has 0 aromatic heterocycles. The second kappa shape index (κ2) is 8.89. The Morgan fingerprint density at radius 2 is 1.56 bits per heavy atom. The Morgan fingerprint density at radius 3 is 2.00 bits per heavy atom. The SMILES string of the molecule is CC[N+](C)(C)CCCOCCN(C(C)C)C(C)C. The van der Waals surface area contributed by atoms with E-state index in [2.05, 4.69) is 53.6 Å². The van der Waals surface area contributed by atoms with Crippen LogP contribution in [0.1, 0.15) is 41.0 Å². The van der Waals surface area contributed by atoms with Crippen molar-refractivity contribution in [2.45, 2.75) is 53.1 Å². The van der Waals surface area contributed by atoms with Crippen molar-refractivity contribution >= 4 is 0 Å². The lowest BCUT2D eigenvalue weighted by atomic mass is 10.2. The second-order valence-corrected chi connectivity index (χ2v) is 6.37. The summed E-state index contributed by atoms with van der Waals surface area (Å²) in [5.74, 6) is 0. The zero-order valence-electron chi connectivity index (χ0n) is 13.7. The van der Waals surface area contributed by atoms with Crippen molar-refractivity contribution in [2.75, 3.05) is 46.9 Å². The molecule has 3 heteroatoms. The Labute approximate surface area is 115 Å². The topological polar surface area (TPSA) is 12.5 Å². The van der Waals surface area contributed by atoms with E-state index < -0.39 is 0 Å². The molecule has 110 valence electrons. The van der Waals surface area contributed by atoms with E-state index >= 15 is 0 Å². The standard InChI is InChI=1S/C15H35N2O/c1-8-17(6,7)11-9-12-18-13-10-16(14(2)3)15(4)5/h14-15H,8-13H2,1-7H3/q+1. The number of ether oxygens (including phenoxy) is 1.